The van der Waals surface area contributed by atoms with Gasteiger partial charge in [0.25, 0.3) is 0 Å². The SMILES string of the molecule is CN=C(NCCN1CCN(C(=O)C2CCC2)CC1)NCc1sccc1C.I. The van der Waals surface area contributed by atoms with Crippen LogP contribution < -0.4 is 10.6 Å². The Balaban J connectivity index is 0.00000261. The van der Waals surface area contributed by atoms with Gasteiger partial charge >= 0.3 is 0 Å². The van der Waals surface area contributed by atoms with Gasteiger partial charge in [-0.15, -0.1) is 35.3 Å². The number of piperazine rings is 1. The molecule has 27 heavy (non-hydrogen) atoms. The summed E-state index contributed by atoms with van der Waals surface area (Å²) in [6, 6.07) is 2.15. The molecular weight excluding hydrogens is 473 g/mol. The molecule has 8 heteroatoms. The number of nitrogens with one attached hydrogen (secondary N) is 2. The Morgan fingerprint density at radius 2 is 2.00 bits per heavy atom. The molecule has 0 bridgehead atoms. The second-order valence-electron chi connectivity index (χ2n) is 7.17. The van der Waals surface area contributed by atoms with Gasteiger partial charge in [0, 0.05) is 57.1 Å². The summed E-state index contributed by atoms with van der Waals surface area (Å²) in [6.07, 6.45) is 3.42. The van der Waals surface area contributed by atoms with Gasteiger partial charge in [-0.25, -0.2) is 0 Å². The molecule has 1 aromatic heterocycles. The van der Waals surface area contributed by atoms with E-state index in [4.69, 9.17) is 0 Å². The fourth-order valence-corrected chi connectivity index (χ4v) is 4.25. The third-order valence-electron chi connectivity index (χ3n) is 5.47. The highest BCUT2D eigenvalue weighted by Crippen LogP contribution is 2.28. The summed E-state index contributed by atoms with van der Waals surface area (Å²) in [7, 11) is 1.81. The van der Waals surface area contributed by atoms with Crippen molar-refractivity contribution >= 4 is 47.2 Å². The number of carbonyl (C=O) groups is 1. The lowest BCUT2D eigenvalue weighted by Crippen LogP contribution is -2.52. The van der Waals surface area contributed by atoms with Crippen molar-refractivity contribution < 1.29 is 4.79 Å². The fraction of sp³-hybridized carbons (Fsp3) is 0.684. The number of nitrogens with zero attached hydrogens (tertiary/aromatic N) is 3. The average molecular weight is 505 g/mol. The van der Waals surface area contributed by atoms with Crippen LogP contribution >= 0.6 is 35.3 Å². The van der Waals surface area contributed by atoms with Crippen LogP contribution in [-0.2, 0) is 11.3 Å². The molecular formula is C19H32IN5OS. The van der Waals surface area contributed by atoms with Crippen molar-refractivity contribution in [3.05, 3.63) is 21.9 Å². The number of aryl methyl sites for hydroxylation is 1. The topological polar surface area (TPSA) is 60.0 Å². The second-order valence-corrected chi connectivity index (χ2v) is 8.17. The summed E-state index contributed by atoms with van der Waals surface area (Å²) in [5.74, 6) is 1.56. The Kier molecular flexibility index (Phi) is 9.31. The maximum absolute atomic E-state index is 12.3. The predicted molar refractivity (Wildman–Crippen MR) is 123 cm³/mol. The number of aliphatic imine (C=N–C) groups is 1. The zero-order chi connectivity index (χ0) is 18.4. The van der Waals surface area contributed by atoms with E-state index in [2.05, 4.69) is 43.8 Å². The summed E-state index contributed by atoms with van der Waals surface area (Å²) in [5, 5.41) is 8.89. The van der Waals surface area contributed by atoms with Crippen molar-refractivity contribution in [2.24, 2.45) is 10.9 Å². The number of thiophene rings is 1. The lowest BCUT2D eigenvalue weighted by atomic mass is 9.84. The van der Waals surface area contributed by atoms with E-state index in [9.17, 15) is 4.79 Å². The van der Waals surface area contributed by atoms with Gasteiger partial charge in [0.15, 0.2) is 5.96 Å². The van der Waals surface area contributed by atoms with Gasteiger partial charge in [-0.1, -0.05) is 6.42 Å². The minimum atomic E-state index is 0. The summed E-state index contributed by atoms with van der Waals surface area (Å²) in [5.41, 5.74) is 1.33. The fourth-order valence-electron chi connectivity index (χ4n) is 3.41. The van der Waals surface area contributed by atoms with Crippen molar-refractivity contribution in [3.63, 3.8) is 0 Å². The monoisotopic (exact) mass is 505 g/mol. The third-order valence-corrected chi connectivity index (χ3v) is 6.49. The van der Waals surface area contributed by atoms with E-state index < -0.39 is 0 Å². The van der Waals surface area contributed by atoms with Crippen molar-refractivity contribution in [1.29, 1.82) is 0 Å². The first kappa shape index (κ1) is 22.4. The molecule has 3 rings (SSSR count). The molecule has 2 fully saturated rings. The van der Waals surface area contributed by atoms with Gasteiger partial charge in [-0.05, 0) is 36.8 Å². The molecule has 0 unspecified atom stereocenters. The molecule has 0 aromatic carbocycles. The van der Waals surface area contributed by atoms with E-state index in [1.54, 1.807) is 18.4 Å². The van der Waals surface area contributed by atoms with Crippen LogP contribution in [0.4, 0.5) is 0 Å². The largest absolute Gasteiger partial charge is 0.355 e. The molecule has 0 atom stereocenters. The van der Waals surface area contributed by atoms with Crippen LogP contribution in [0.1, 0.15) is 29.7 Å². The first-order valence-electron chi connectivity index (χ1n) is 9.66. The van der Waals surface area contributed by atoms with Gasteiger partial charge in [-0.2, -0.15) is 0 Å². The number of hydrogen-bond donors (Lipinski definition) is 2. The Morgan fingerprint density at radius 3 is 2.56 bits per heavy atom. The van der Waals surface area contributed by atoms with Gasteiger partial charge < -0.3 is 15.5 Å². The quantitative estimate of drug-likeness (QED) is 0.354. The predicted octanol–water partition coefficient (Wildman–Crippen LogP) is 2.28. The summed E-state index contributed by atoms with van der Waals surface area (Å²) >= 11 is 1.77. The number of guanidine groups is 1. The number of carbonyl (C=O) groups excluding carboxylic acids is 1. The standard InChI is InChI=1S/C19H31N5OS.HI/c1-15-6-13-26-17(15)14-22-19(20-2)21-7-8-23-9-11-24(12-10-23)18(25)16-4-3-5-16;/h6,13,16H,3-5,7-12,14H2,1-2H3,(H2,20,21,22);1H. The van der Waals surface area contributed by atoms with Crippen LogP contribution in [0.15, 0.2) is 16.4 Å². The Hall–Kier alpha value is -0.870. The van der Waals surface area contributed by atoms with Crippen LogP contribution in [0, 0.1) is 12.8 Å². The van der Waals surface area contributed by atoms with Gasteiger partial charge in [-0.3, -0.25) is 14.7 Å². The Morgan fingerprint density at radius 1 is 1.26 bits per heavy atom. The van der Waals surface area contributed by atoms with E-state index >= 15 is 0 Å². The highest BCUT2D eigenvalue weighted by molar-refractivity contribution is 14.0. The zero-order valence-corrected chi connectivity index (χ0v) is 19.5. The van der Waals surface area contributed by atoms with E-state index in [0.717, 1.165) is 64.6 Å². The van der Waals surface area contributed by atoms with Crippen molar-refractivity contribution in [1.82, 2.24) is 20.4 Å². The van der Waals surface area contributed by atoms with Crippen molar-refractivity contribution in [3.8, 4) is 0 Å². The highest BCUT2D eigenvalue weighted by atomic mass is 127. The normalized spacial score (nSPS) is 18.6. The third kappa shape index (κ3) is 6.32. The summed E-state index contributed by atoms with van der Waals surface area (Å²) in [4.78, 5) is 22.4. The molecule has 6 nitrogen and oxygen atoms in total. The lowest BCUT2D eigenvalue weighted by Gasteiger charge is -2.38. The first-order chi connectivity index (χ1) is 12.7. The molecule has 152 valence electrons. The average Bonchev–Trinajstić information content (AvgIpc) is 3.02. The Labute approximate surface area is 183 Å². The smallest absolute Gasteiger partial charge is 0.225 e. The summed E-state index contributed by atoms with van der Waals surface area (Å²) < 4.78 is 0. The molecule has 2 aliphatic rings. The molecule has 1 aliphatic heterocycles. The van der Waals surface area contributed by atoms with Crippen LogP contribution in [0.3, 0.4) is 0 Å². The van der Waals surface area contributed by atoms with Gasteiger partial charge in [0.05, 0.1) is 6.54 Å². The maximum atomic E-state index is 12.3. The van der Waals surface area contributed by atoms with Gasteiger partial charge in [0.2, 0.25) is 5.91 Å². The molecule has 1 aliphatic carbocycles. The molecule has 1 amide bonds. The molecule has 0 radical (unpaired) electrons. The lowest BCUT2D eigenvalue weighted by molar-refractivity contribution is -0.139. The summed E-state index contributed by atoms with van der Waals surface area (Å²) in [6.45, 7) is 8.48. The Bertz CT molecular complexity index is 623. The van der Waals surface area contributed by atoms with E-state index in [-0.39, 0.29) is 24.0 Å². The molecule has 2 heterocycles. The van der Waals surface area contributed by atoms with Crippen molar-refractivity contribution in [2.45, 2.75) is 32.7 Å². The molecule has 0 spiro atoms. The van der Waals surface area contributed by atoms with Gasteiger partial charge in [0.1, 0.15) is 0 Å². The zero-order valence-electron chi connectivity index (χ0n) is 16.4. The van der Waals surface area contributed by atoms with Crippen LogP contribution in [0.5, 0.6) is 0 Å². The molecule has 1 aromatic rings. The molecule has 2 N–H and O–H groups in total. The number of halogens is 1. The van der Waals surface area contributed by atoms with E-state index in [1.165, 1.54) is 16.9 Å². The highest BCUT2D eigenvalue weighted by Gasteiger charge is 2.30. The van der Waals surface area contributed by atoms with Crippen molar-refractivity contribution in [2.75, 3.05) is 46.3 Å². The number of rotatable bonds is 6. The first-order valence-corrected chi connectivity index (χ1v) is 10.5. The number of hydrogen-bond acceptors (Lipinski definition) is 4. The maximum Gasteiger partial charge on any atom is 0.225 e. The van der Waals surface area contributed by atoms with Crippen LogP contribution in [0.25, 0.3) is 0 Å². The number of amides is 1. The van der Waals surface area contributed by atoms with Crippen LogP contribution in [-0.4, -0.2) is 68.0 Å². The minimum Gasteiger partial charge on any atom is -0.355 e. The van der Waals surface area contributed by atoms with E-state index in [1.807, 2.05) is 0 Å². The molecule has 1 saturated carbocycles. The van der Waals surface area contributed by atoms with E-state index in [0.29, 0.717) is 11.8 Å². The second kappa shape index (κ2) is 11.2. The molecule has 1 saturated heterocycles. The minimum absolute atomic E-state index is 0. The van der Waals surface area contributed by atoms with Crippen LogP contribution in [0.2, 0.25) is 0 Å².